The van der Waals surface area contributed by atoms with Crippen LogP contribution in [0.4, 0.5) is 0 Å². The summed E-state index contributed by atoms with van der Waals surface area (Å²) < 4.78 is 5.06. The Bertz CT molecular complexity index is 186. The molecule has 0 amide bonds. The third-order valence-corrected chi connectivity index (χ3v) is 2.90. The molecule has 1 atom stereocenters. The van der Waals surface area contributed by atoms with Gasteiger partial charge in [0, 0.05) is 45.9 Å². The van der Waals surface area contributed by atoms with E-state index >= 15 is 0 Å². The van der Waals surface area contributed by atoms with Crippen LogP contribution in [0.1, 0.15) is 26.7 Å². The number of likely N-dealkylation sites (N-methyl/N-ethyl adjacent to an activating group) is 1. The Hall–Kier alpha value is -0.160. The van der Waals surface area contributed by atoms with E-state index in [1.807, 2.05) is 0 Å². The normalized spacial score (nSPS) is 13.8. The fourth-order valence-corrected chi connectivity index (χ4v) is 2.03. The van der Waals surface area contributed by atoms with E-state index in [9.17, 15) is 0 Å². The Morgan fingerprint density at radius 2 is 1.78 bits per heavy atom. The molecular formula is C14H33N3O. The molecule has 0 fully saturated rings. The quantitative estimate of drug-likeness (QED) is 0.567. The second-order valence-electron chi connectivity index (χ2n) is 5.85. The van der Waals surface area contributed by atoms with Crippen molar-refractivity contribution in [1.29, 1.82) is 0 Å². The molecule has 0 heterocycles. The zero-order chi connectivity index (χ0) is 14.0. The summed E-state index contributed by atoms with van der Waals surface area (Å²) in [5.41, 5.74) is 6.19. The van der Waals surface area contributed by atoms with Crippen LogP contribution < -0.4 is 5.73 Å². The van der Waals surface area contributed by atoms with Crippen LogP contribution in [-0.4, -0.2) is 69.8 Å². The summed E-state index contributed by atoms with van der Waals surface area (Å²) in [4.78, 5) is 4.71. The average Bonchev–Trinajstić information content (AvgIpc) is 2.25. The van der Waals surface area contributed by atoms with E-state index in [2.05, 4.69) is 37.7 Å². The molecule has 0 saturated carbocycles. The first-order chi connectivity index (χ1) is 8.45. The second kappa shape index (κ2) is 10.7. The maximum absolute atomic E-state index is 6.19. The number of nitrogens with zero attached hydrogens (tertiary/aromatic N) is 2. The highest BCUT2D eigenvalue weighted by molar-refractivity contribution is 4.70. The van der Waals surface area contributed by atoms with E-state index in [4.69, 9.17) is 10.5 Å². The minimum Gasteiger partial charge on any atom is -0.385 e. The molecule has 0 aromatic carbocycles. The van der Waals surface area contributed by atoms with Crippen molar-refractivity contribution < 1.29 is 4.74 Å². The summed E-state index contributed by atoms with van der Waals surface area (Å²) >= 11 is 0. The third kappa shape index (κ3) is 11.0. The van der Waals surface area contributed by atoms with Gasteiger partial charge in [0.15, 0.2) is 0 Å². The minimum atomic E-state index is 0.265. The molecular weight excluding hydrogens is 226 g/mol. The van der Waals surface area contributed by atoms with Crippen molar-refractivity contribution in [3.8, 4) is 0 Å². The van der Waals surface area contributed by atoms with Gasteiger partial charge in [-0.15, -0.1) is 0 Å². The molecule has 4 heteroatoms. The van der Waals surface area contributed by atoms with Crippen LogP contribution >= 0.6 is 0 Å². The summed E-state index contributed by atoms with van der Waals surface area (Å²) in [6, 6.07) is 0.265. The van der Waals surface area contributed by atoms with Crippen LogP contribution in [0.3, 0.4) is 0 Å². The van der Waals surface area contributed by atoms with Gasteiger partial charge in [-0.25, -0.2) is 0 Å². The van der Waals surface area contributed by atoms with Gasteiger partial charge in [-0.3, -0.25) is 0 Å². The van der Waals surface area contributed by atoms with Crippen molar-refractivity contribution in [3.63, 3.8) is 0 Å². The van der Waals surface area contributed by atoms with Crippen LogP contribution in [-0.2, 0) is 4.74 Å². The molecule has 0 bridgehead atoms. The molecule has 0 saturated heterocycles. The largest absolute Gasteiger partial charge is 0.385 e. The van der Waals surface area contributed by atoms with Gasteiger partial charge in [-0.1, -0.05) is 13.8 Å². The smallest absolute Gasteiger partial charge is 0.0462 e. The molecule has 0 aliphatic heterocycles. The van der Waals surface area contributed by atoms with E-state index in [1.165, 1.54) is 0 Å². The van der Waals surface area contributed by atoms with Crippen LogP contribution in [0.5, 0.6) is 0 Å². The maximum Gasteiger partial charge on any atom is 0.0462 e. The molecule has 18 heavy (non-hydrogen) atoms. The van der Waals surface area contributed by atoms with E-state index in [1.54, 1.807) is 7.11 Å². The van der Waals surface area contributed by atoms with E-state index in [0.29, 0.717) is 5.92 Å². The SMILES string of the molecule is COCCCC(N)CN(CCN(C)C)CC(C)C. The van der Waals surface area contributed by atoms with Crippen molar-refractivity contribution in [2.75, 3.05) is 54.0 Å². The predicted octanol–water partition coefficient (Wildman–Crippen LogP) is 1.26. The Balaban J connectivity index is 3.96. The summed E-state index contributed by atoms with van der Waals surface area (Å²) in [5.74, 6) is 0.693. The highest BCUT2D eigenvalue weighted by Crippen LogP contribution is 2.03. The third-order valence-electron chi connectivity index (χ3n) is 2.90. The van der Waals surface area contributed by atoms with Crippen molar-refractivity contribution in [1.82, 2.24) is 9.80 Å². The van der Waals surface area contributed by atoms with Gasteiger partial charge in [0.05, 0.1) is 0 Å². The number of hydrogen-bond donors (Lipinski definition) is 1. The van der Waals surface area contributed by atoms with Crippen molar-refractivity contribution in [3.05, 3.63) is 0 Å². The average molecular weight is 259 g/mol. The summed E-state index contributed by atoms with van der Waals surface area (Å²) in [5, 5.41) is 0. The van der Waals surface area contributed by atoms with Gasteiger partial charge in [-0.05, 0) is 32.9 Å². The maximum atomic E-state index is 6.19. The number of ether oxygens (including phenoxy) is 1. The van der Waals surface area contributed by atoms with Gasteiger partial charge >= 0.3 is 0 Å². The number of methoxy groups -OCH3 is 1. The molecule has 4 nitrogen and oxygen atoms in total. The Morgan fingerprint density at radius 3 is 2.28 bits per heavy atom. The Kier molecular flexibility index (Phi) is 10.6. The molecule has 0 rings (SSSR count). The lowest BCUT2D eigenvalue weighted by molar-refractivity contribution is 0.178. The van der Waals surface area contributed by atoms with Crippen LogP contribution in [0.25, 0.3) is 0 Å². The van der Waals surface area contributed by atoms with Gasteiger partial charge < -0.3 is 20.3 Å². The molecule has 0 aliphatic carbocycles. The summed E-state index contributed by atoms with van der Waals surface area (Å²) in [6.45, 7) is 9.66. The van der Waals surface area contributed by atoms with Gasteiger partial charge in [0.25, 0.3) is 0 Å². The van der Waals surface area contributed by atoms with Crippen LogP contribution in [0, 0.1) is 5.92 Å². The molecule has 110 valence electrons. The monoisotopic (exact) mass is 259 g/mol. The fourth-order valence-electron chi connectivity index (χ4n) is 2.03. The van der Waals surface area contributed by atoms with Gasteiger partial charge in [0.1, 0.15) is 0 Å². The van der Waals surface area contributed by atoms with Crippen molar-refractivity contribution in [2.45, 2.75) is 32.7 Å². The molecule has 0 aromatic heterocycles. The fraction of sp³-hybridized carbons (Fsp3) is 1.00. The number of hydrogen-bond acceptors (Lipinski definition) is 4. The second-order valence-corrected chi connectivity index (χ2v) is 5.85. The summed E-state index contributed by atoms with van der Waals surface area (Å²) in [6.07, 6.45) is 2.10. The first kappa shape index (κ1) is 17.8. The number of rotatable bonds is 11. The zero-order valence-corrected chi connectivity index (χ0v) is 13.0. The predicted molar refractivity (Wildman–Crippen MR) is 78.9 cm³/mol. The first-order valence-electron chi connectivity index (χ1n) is 7.07. The van der Waals surface area contributed by atoms with E-state index in [-0.39, 0.29) is 6.04 Å². The molecule has 0 spiro atoms. The lowest BCUT2D eigenvalue weighted by atomic mass is 10.1. The first-order valence-corrected chi connectivity index (χ1v) is 7.07. The topological polar surface area (TPSA) is 41.7 Å². The lowest BCUT2D eigenvalue weighted by Crippen LogP contribution is -2.42. The molecule has 0 radical (unpaired) electrons. The van der Waals surface area contributed by atoms with E-state index in [0.717, 1.165) is 45.6 Å². The van der Waals surface area contributed by atoms with E-state index < -0.39 is 0 Å². The zero-order valence-electron chi connectivity index (χ0n) is 13.0. The van der Waals surface area contributed by atoms with Crippen molar-refractivity contribution >= 4 is 0 Å². The molecule has 0 aromatic rings. The standard InChI is InChI=1S/C14H33N3O/c1-13(2)11-17(9-8-16(3)4)12-14(15)7-6-10-18-5/h13-14H,6-12,15H2,1-5H3. The molecule has 0 aliphatic rings. The number of nitrogens with two attached hydrogens (primary N) is 1. The lowest BCUT2D eigenvalue weighted by Gasteiger charge is -2.28. The van der Waals surface area contributed by atoms with Crippen LogP contribution in [0.2, 0.25) is 0 Å². The van der Waals surface area contributed by atoms with Crippen LogP contribution in [0.15, 0.2) is 0 Å². The van der Waals surface area contributed by atoms with Gasteiger partial charge in [-0.2, -0.15) is 0 Å². The van der Waals surface area contributed by atoms with Crippen molar-refractivity contribution in [2.24, 2.45) is 11.7 Å². The Morgan fingerprint density at radius 1 is 1.11 bits per heavy atom. The molecule has 1 unspecified atom stereocenters. The highest BCUT2D eigenvalue weighted by Gasteiger charge is 2.12. The summed E-state index contributed by atoms with van der Waals surface area (Å²) in [7, 11) is 5.98. The highest BCUT2D eigenvalue weighted by atomic mass is 16.5. The minimum absolute atomic E-state index is 0.265. The Labute approximate surface area is 113 Å². The van der Waals surface area contributed by atoms with Gasteiger partial charge in [0.2, 0.25) is 0 Å². The molecule has 2 N–H and O–H groups in total.